The molecule has 3 nitrogen and oxygen atoms in total. The molecule has 1 aromatic carbocycles. The van der Waals surface area contributed by atoms with Gasteiger partial charge in [0.1, 0.15) is 0 Å². The van der Waals surface area contributed by atoms with E-state index in [4.69, 9.17) is 5.73 Å². The number of fused-ring (bicyclic) bond motifs is 1. The van der Waals surface area contributed by atoms with E-state index in [2.05, 4.69) is 54.8 Å². The summed E-state index contributed by atoms with van der Waals surface area (Å²) in [6, 6.07) is 10.5. The van der Waals surface area contributed by atoms with Crippen molar-refractivity contribution in [2.75, 3.05) is 19.6 Å². The summed E-state index contributed by atoms with van der Waals surface area (Å²) in [5.74, 6) is 0. The van der Waals surface area contributed by atoms with E-state index in [1.54, 1.807) is 0 Å². The second-order valence-corrected chi connectivity index (χ2v) is 7.00. The summed E-state index contributed by atoms with van der Waals surface area (Å²) < 4.78 is 0. The van der Waals surface area contributed by atoms with E-state index in [1.807, 2.05) is 0 Å². The van der Waals surface area contributed by atoms with Gasteiger partial charge >= 0.3 is 0 Å². The SMILES string of the molecule is Cc1ccccc1C(C(C)N)N1CC2CCCN2CC1C. The zero-order chi connectivity index (χ0) is 15.0. The van der Waals surface area contributed by atoms with Crippen LogP contribution < -0.4 is 5.73 Å². The third kappa shape index (κ3) is 2.87. The molecule has 116 valence electrons. The quantitative estimate of drug-likeness (QED) is 0.927. The Morgan fingerprint density at radius 3 is 2.71 bits per heavy atom. The highest BCUT2D eigenvalue weighted by molar-refractivity contribution is 5.30. The number of benzene rings is 1. The van der Waals surface area contributed by atoms with Gasteiger partial charge < -0.3 is 5.73 Å². The van der Waals surface area contributed by atoms with Crippen LogP contribution >= 0.6 is 0 Å². The molecule has 2 aliphatic rings. The van der Waals surface area contributed by atoms with Crippen molar-refractivity contribution in [1.82, 2.24) is 9.80 Å². The van der Waals surface area contributed by atoms with Crippen LogP contribution in [0.5, 0.6) is 0 Å². The van der Waals surface area contributed by atoms with E-state index in [-0.39, 0.29) is 6.04 Å². The van der Waals surface area contributed by atoms with Crippen LogP contribution in [0.25, 0.3) is 0 Å². The van der Waals surface area contributed by atoms with Crippen LogP contribution in [0.2, 0.25) is 0 Å². The van der Waals surface area contributed by atoms with Crippen molar-refractivity contribution in [2.45, 2.75) is 57.8 Å². The first-order valence-corrected chi connectivity index (χ1v) is 8.39. The standard InChI is InChI=1S/C18H29N3/c1-13-7-4-5-9-17(13)18(15(3)19)21-12-16-8-6-10-20(16)11-14(21)2/h4-5,7,9,14-16,18H,6,8,10-12,19H2,1-3H3. The van der Waals surface area contributed by atoms with Crippen molar-refractivity contribution < 1.29 is 0 Å². The second kappa shape index (κ2) is 6.07. The summed E-state index contributed by atoms with van der Waals surface area (Å²) >= 11 is 0. The molecule has 0 saturated carbocycles. The van der Waals surface area contributed by atoms with Crippen LogP contribution in [0.15, 0.2) is 24.3 Å². The Balaban J connectivity index is 1.88. The average molecular weight is 287 g/mol. The van der Waals surface area contributed by atoms with E-state index in [9.17, 15) is 0 Å². The van der Waals surface area contributed by atoms with Crippen molar-refractivity contribution in [2.24, 2.45) is 5.73 Å². The molecule has 1 aromatic rings. The number of hydrogen-bond acceptors (Lipinski definition) is 3. The fourth-order valence-corrected chi connectivity index (χ4v) is 4.28. The van der Waals surface area contributed by atoms with Crippen molar-refractivity contribution in [1.29, 1.82) is 0 Å². The second-order valence-electron chi connectivity index (χ2n) is 7.00. The van der Waals surface area contributed by atoms with Crippen LogP contribution in [-0.2, 0) is 0 Å². The van der Waals surface area contributed by atoms with Gasteiger partial charge in [-0.05, 0) is 51.3 Å². The molecule has 2 saturated heterocycles. The van der Waals surface area contributed by atoms with Gasteiger partial charge in [0, 0.05) is 31.2 Å². The Bertz CT molecular complexity index is 485. The number of rotatable bonds is 3. The fourth-order valence-electron chi connectivity index (χ4n) is 4.28. The first-order valence-electron chi connectivity index (χ1n) is 8.39. The van der Waals surface area contributed by atoms with Gasteiger partial charge in [-0.1, -0.05) is 24.3 Å². The number of nitrogens with zero attached hydrogens (tertiary/aromatic N) is 2. The first-order chi connectivity index (χ1) is 10.1. The maximum Gasteiger partial charge on any atom is 0.0503 e. The van der Waals surface area contributed by atoms with Gasteiger partial charge in [0.2, 0.25) is 0 Å². The summed E-state index contributed by atoms with van der Waals surface area (Å²) in [5.41, 5.74) is 9.18. The monoisotopic (exact) mass is 287 g/mol. The molecule has 2 fully saturated rings. The smallest absolute Gasteiger partial charge is 0.0503 e. The normalized spacial score (nSPS) is 30.1. The first kappa shape index (κ1) is 15.0. The summed E-state index contributed by atoms with van der Waals surface area (Å²) in [6.45, 7) is 10.4. The number of hydrogen-bond donors (Lipinski definition) is 1. The molecule has 2 N–H and O–H groups in total. The largest absolute Gasteiger partial charge is 0.326 e. The molecule has 4 atom stereocenters. The van der Waals surface area contributed by atoms with E-state index >= 15 is 0 Å². The fraction of sp³-hybridized carbons (Fsp3) is 0.667. The van der Waals surface area contributed by atoms with Gasteiger partial charge in [-0.2, -0.15) is 0 Å². The Morgan fingerprint density at radius 2 is 2.00 bits per heavy atom. The number of piperazine rings is 1. The van der Waals surface area contributed by atoms with E-state index in [0.29, 0.717) is 12.1 Å². The van der Waals surface area contributed by atoms with Gasteiger partial charge in [0.25, 0.3) is 0 Å². The van der Waals surface area contributed by atoms with Crippen LogP contribution in [-0.4, -0.2) is 47.6 Å². The van der Waals surface area contributed by atoms with Crippen molar-refractivity contribution >= 4 is 0 Å². The van der Waals surface area contributed by atoms with Crippen molar-refractivity contribution in [3.63, 3.8) is 0 Å². The van der Waals surface area contributed by atoms with Crippen LogP contribution in [0.4, 0.5) is 0 Å². The van der Waals surface area contributed by atoms with Crippen LogP contribution in [0, 0.1) is 6.92 Å². The number of nitrogens with two attached hydrogens (primary N) is 1. The molecule has 2 aliphatic heterocycles. The highest BCUT2D eigenvalue weighted by Gasteiger charge is 2.38. The highest BCUT2D eigenvalue weighted by atomic mass is 15.3. The molecular formula is C18H29N3. The predicted molar refractivity (Wildman–Crippen MR) is 88.3 cm³/mol. The Morgan fingerprint density at radius 1 is 1.24 bits per heavy atom. The molecule has 0 radical (unpaired) electrons. The van der Waals surface area contributed by atoms with Gasteiger partial charge in [-0.15, -0.1) is 0 Å². The predicted octanol–water partition coefficient (Wildman–Crippen LogP) is 2.55. The third-order valence-corrected chi connectivity index (χ3v) is 5.35. The Kier molecular flexibility index (Phi) is 4.34. The molecule has 4 unspecified atom stereocenters. The van der Waals surface area contributed by atoms with Gasteiger partial charge in [0.05, 0.1) is 6.04 Å². The van der Waals surface area contributed by atoms with E-state index < -0.39 is 0 Å². The van der Waals surface area contributed by atoms with Crippen LogP contribution in [0.3, 0.4) is 0 Å². The molecule has 3 heteroatoms. The molecule has 2 heterocycles. The summed E-state index contributed by atoms with van der Waals surface area (Å²) in [5, 5.41) is 0. The van der Waals surface area contributed by atoms with Crippen LogP contribution in [0.1, 0.15) is 43.9 Å². The Labute approximate surface area is 129 Å². The van der Waals surface area contributed by atoms with E-state index in [1.165, 1.54) is 43.6 Å². The summed E-state index contributed by atoms with van der Waals surface area (Å²) in [7, 11) is 0. The summed E-state index contributed by atoms with van der Waals surface area (Å²) in [4.78, 5) is 5.34. The minimum Gasteiger partial charge on any atom is -0.326 e. The maximum absolute atomic E-state index is 6.41. The zero-order valence-corrected chi connectivity index (χ0v) is 13.6. The number of aryl methyl sites for hydroxylation is 1. The van der Waals surface area contributed by atoms with Crippen molar-refractivity contribution in [3.05, 3.63) is 35.4 Å². The minimum absolute atomic E-state index is 0.154. The van der Waals surface area contributed by atoms with Crippen molar-refractivity contribution in [3.8, 4) is 0 Å². The zero-order valence-electron chi connectivity index (χ0n) is 13.6. The molecule has 0 aromatic heterocycles. The molecule has 0 bridgehead atoms. The third-order valence-electron chi connectivity index (χ3n) is 5.35. The molecular weight excluding hydrogens is 258 g/mol. The lowest BCUT2D eigenvalue weighted by Gasteiger charge is -2.47. The molecule has 0 spiro atoms. The Hall–Kier alpha value is -0.900. The topological polar surface area (TPSA) is 32.5 Å². The lowest BCUT2D eigenvalue weighted by molar-refractivity contribution is 0.0204. The lowest BCUT2D eigenvalue weighted by Crippen LogP contribution is -2.58. The van der Waals surface area contributed by atoms with Gasteiger partial charge in [0.15, 0.2) is 0 Å². The van der Waals surface area contributed by atoms with Gasteiger partial charge in [-0.25, -0.2) is 0 Å². The molecule has 3 rings (SSSR count). The molecule has 0 aliphatic carbocycles. The van der Waals surface area contributed by atoms with E-state index in [0.717, 1.165) is 6.04 Å². The average Bonchev–Trinajstić information content (AvgIpc) is 2.88. The minimum atomic E-state index is 0.154. The summed E-state index contributed by atoms with van der Waals surface area (Å²) in [6.07, 6.45) is 2.71. The highest BCUT2D eigenvalue weighted by Crippen LogP contribution is 2.33. The lowest BCUT2D eigenvalue weighted by atomic mass is 9.92. The maximum atomic E-state index is 6.41. The molecule has 21 heavy (non-hydrogen) atoms. The molecule has 0 amide bonds. The van der Waals surface area contributed by atoms with Gasteiger partial charge in [-0.3, -0.25) is 9.80 Å².